The predicted octanol–water partition coefficient (Wildman–Crippen LogP) is 13.8. The maximum Gasteiger partial charge on any atom is 0.252 e. The van der Waals surface area contributed by atoms with Crippen molar-refractivity contribution in [3.63, 3.8) is 0 Å². The summed E-state index contributed by atoms with van der Waals surface area (Å²) in [7, 11) is 0. The molecule has 0 N–H and O–H groups in total. The summed E-state index contributed by atoms with van der Waals surface area (Å²) in [5.74, 6) is 1.19. The van der Waals surface area contributed by atoms with Gasteiger partial charge >= 0.3 is 0 Å². The van der Waals surface area contributed by atoms with Crippen LogP contribution >= 0.6 is 0 Å². The number of aromatic nitrogens is 2. The molecule has 2 saturated carbocycles. The van der Waals surface area contributed by atoms with Gasteiger partial charge in [-0.25, -0.2) is 0 Å². The Morgan fingerprint density at radius 2 is 1.08 bits per heavy atom. The van der Waals surface area contributed by atoms with Crippen LogP contribution in [0.3, 0.4) is 0 Å². The van der Waals surface area contributed by atoms with Crippen LogP contribution in [0.5, 0.6) is 0 Å². The minimum absolute atomic E-state index is 0.0808. The van der Waals surface area contributed by atoms with E-state index in [0.29, 0.717) is 11.8 Å². The van der Waals surface area contributed by atoms with Gasteiger partial charge in [0.05, 0.1) is 16.6 Å². The number of hydrogen-bond donors (Lipinski definition) is 0. The van der Waals surface area contributed by atoms with Gasteiger partial charge in [0.25, 0.3) is 6.71 Å². The Labute approximate surface area is 386 Å². The number of benzene rings is 8. The molecule has 3 heteroatoms. The van der Waals surface area contributed by atoms with Gasteiger partial charge in [0.2, 0.25) is 0 Å². The first-order valence-electron chi connectivity index (χ1n) is 24.9. The zero-order valence-corrected chi connectivity index (χ0v) is 37.7. The Bertz CT molecular complexity index is 3740. The van der Waals surface area contributed by atoms with Crippen molar-refractivity contribution in [1.29, 1.82) is 0 Å². The van der Waals surface area contributed by atoms with Gasteiger partial charge in [-0.15, -0.1) is 0 Å². The van der Waals surface area contributed by atoms with Crippen LogP contribution < -0.4 is 16.4 Å². The molecule has 0 atom stereocenters. The van der Waals surface area contributed by atoms with E-state index in [1.54, 1.807) is 11.1 Å². The fourth-order valence-electron chi connectivity index (χ4n) is 15.0. The molecular weight excluding hydrogens is 796 g/mol. The van der Waals surface area contributed by atoms with Crippen LogP contribution in [-0.2, 0) is 5.41 Å². The largest absolute Gasteiger partial charge is 0.310 e. The summed E-state index contributed by atoms with van der Waals surface area (Å²) in [5.41, 5.74) is 30.4. The Balaban J connectivity index is 1.15. The van der Waals surface area contributed by atoms with Crippen molar-refractivity contribution in [2.24, 2.45) is 0 Å². The lowest BCUT2D eigenvalue weighted by atomic mass is 9.33. The first kappa shape index (κ1) is 36.4. The lowest BCUT2D eigenvalue weighted by Crippen LogP contribution is -2.60. The highest BCUT2D eigenvalue weighted by atomic mass is 15.1. The maximum absolute atomic E-state index is 2.83. The Hall–Kier alpha value is -6.84. The van der Waals surface area contributed by atoms with E-state index in [1.165, 1.54) is 179 Å². The van der Waals surface area contributed by atoms with Gasteiger partial charge in [-0.2, -0.15) is 0 Å². The summed E-state index contributed by atoms with van der Waals surface area (Å²) in [6.45, 7) is 4.69. The number of aryl methyl sites for hydroxylation is 2. The molecule has 6 aliphatic rings. The van der Waals surface area contributed by atoms with Crippen LogP contribution in [-0.4, -0.2) is 15.8 Å². The molecule has 0 saturated heterocycles. The topological polar surface area (TPSA) is 9.86 Å². The zero-order valence-electron chi connectivity index (χ0n) is 37.7. The van der Waals surface area contributed by atoms with Crippen LogP contribution in [0.15, 0.2) is 152 Å². The molecule has 314 valence electrons. The molecule has 3 aliphatic heterocycles. The number of fused-ring (bicyclic) bond motifs is 11. The van der Waals surface area contributed by atoms with Crippen molar-refractivity contribution in [3.8, 4) is 44.9 Å². The average molecular weight is 845 g/mol. The van der Waals surface area contributed by atoms with E-state index < -0.39 is 5.41 Å². The molecule has 8 aromatic carbocycles. The quantitative estimate of drug-likeness (QED) is 0.156. The van der Waals surface area contributed by atoms with Gasteiger partial charge in [-0.05, 0) is 142 Å². The molecule has 2 fully saturated rings. The third-order valence-electron chi connectivity index (χ3n) is 17.6. The molecule has 66 heavy (non-hydrogen) atoms. The summed E-state index contributed by atoms with van der Waals surface area (Å²) in [4.78, 5) is 0. The Morgan fingerprint density at radius 3 is 1.74 bits per heavy atom. The van der Waals surface area contributed by atoms with Crippen molar-refractivity contribution in [3.05, 3.63) is 196 Å². The lowest BCUT2D eigenvalue weighted by molar-refractivity contribution is 0.709. The van der Waals surface area contributed by atoms with Gasteiger partial charge in [0.15, 0.2) is 0 Å². The van der Waals surface area contributed by atoms with Gasteiger partial charge in [-0.3, -0.25) is 0 Å². The minimum Gasteiger partial charge on any atom is -0.310 e. The van der Waals surface area contributed by atoms with Gasteiger partial charge in [-0.1, -0.05) is 170 Å². The van der Waals surface area contributed by atoms with Crippen LogP contribution in [0.4, 0.5) is 0 Å². The van der Waals surface area contributed by atoms with Gasteiger partial charge in [0, 0.05) is 44.1 Å². The van der Waals surface area contributed by atoms with E-state index in [0.717, 1.165) is 0 Å². The smallest absolute Gasteiger partial charge is 0.252 e. The Morgan fingerprint density at radius 1 is 0.470 bits per heavy atom. The van der Waals surface area contributed by atoms with E-state index in [1.807, 2.05) is 0 Å². The highest BCUT2D eigenvalue weighted by Crippen LogP contribution is 2.63. The second-order valence-electron chi connectivity index (χ2n) is 21.0. The molecule has 1 spiro atoms. The van der Waals surface area contributed by atoms with Crippen LogP contribution in [0.25, 0.3) is 77.6 Å². The Kier molecular flexibility index (Phi) is 7.02. The number of hydrogen-bond acceptors (Lipinski definition) is 0. The van der Waals surface area contributed by atoms with E-state index >= 15 is 0 Å². The zero-order chi connectivity index (χ0) is 43.2. The molecule has 0 bridgehead atoms. The average Bonchev–Trinajstić information content (AvgIpc) is 4.22. The third kappa shape index (κ3) is 4.33. The predicted molar refractivity (Wildman–Crippen MR) is 276 cm³/mol. The van der Waals surface area contributed by atoms with Crippen molar-refractivity contribution in [2.75, 3.05) is 0 Å². The molecular formula is C63H49BN2. The van der Waals surface area contributed by atoms with E-state index in [4.69, 9.17) is 0 Å². The molecule has 0 unspecified atom stereocenters. The van der Waals surface area contributed by atoms with Crippen molar-refractivity contribution >= 4 is 55.8 Å². The van der Waals surface area contributed by atoms with Crippen molar-refractivity contribution < 1.29 is 0 Å². The minimum atomic E-state index is -0.485. The highest BCUT2D eigenvalue weighted by molar-refractivity contribution is 7.00. The van der Waals surface area contributed by atoms with Gasteiger partial charge in [0.1, 0.15) is 0 Å². The molecule has 16 rings (SSSR count). The molecule has 5 heterocycles. The molecule has 2 aromatic heterocycles. The molecule has 10 aromatic rings. The summed E-state index contributed by atoms with van der Waals surface area (Å²) < 4.78 is 5.54. The SMILES string of the molecule is Cc1ccc2c(c1)C1(c3cc(C)ccc3-2)c2ccc3c4c2-n2c5c(cc(C6CCCC6)cc5c5cc(C6CCCC6)cc1c52)B4c1cccc2c(-c4ccccc4)c(-c4ccccc4)n-3c12. The number of para-hydroxylation sites is 1. The summed E-state index contributed by atoms with van der Waals surface area (Å²) in [6.07, 6.45) is 10.4. The second-order valence-corrected chi connectivity index (χ2v) is 21.0. The van der Waals surface area contributed by atoms with E-state index in [-0.39, 0.29) is 6.71 Å². The van der Waals surface area contributed by atoms with Crippen LogP contribution in [0, 0.1) is 13.8 Å². The van der Waals surface area contributed by atoms with Crippen LogP contribution in [0.1, 0.15) is 108 Å². The van der Waals surface area contributed by atoms with Crippen LogP contribution in [0.2, 0.25) is 0 Å². The lowest BCUT2D eigenvalue weighted by Gasteiger charge is -2.44. The van der Waals surface area contributed by atoms with E-state index in [9.17, 15) is 0 Å². The molecule has 0 amide bonds. The first-order chi connectivity index (χ1) is 32.6. The third-order valence-corrected chi connectivity index (χ3v) is 17.6. The highest BCUT2D eigenvalue weighted by Gasteiger charge is 2.55. The maximum atomic E-state index is 2.83. The standard InChI is InChI=1S/C63H49BN2/c1-36-24-26-44-45-27-25-37(2)31-51(45)63(50(44)30-36)49-28-29-55-57-62(49)66-59-47(32-42(34-52(59)63)38-14-9-10-15-38)48-33-43(39-16-11-12-17-39)35-54(61(48)66)64(57)53-23-13-22-46-56(40-18-5-3-6-19-40)58(65(55)60(46)53)41-20-7-4-8-21-41/h3-8,13,18-35,38-39H,9-12,14-17H2,1-2H3. The monoisotopic (exact) mass is 844 g/mol. The van der Waals surface area contributed by atoms with E-state index in [2.05, 4.69) is 175 Å². The first-order valence-corrected chi connectivity index (χ1v) is 24.9. The summed E-state index contributed by atoms with van der Waals surface area (Å²) in [6, 6.07) is 60.4. The fourth-order valence-corrected chi connectivity index (χ4v) is 15.0. The fraction of sp³-hybridized carbons (Fsp3) is 0.206. The molecule has 0 radical (unpaired) electrons. The second kappa shape index (κ2) is 12.7. The summed E-state index contributed by atoms with van der Waals surface area (Å²) in [5, 5.41) is 4.27. The number of rotatable bonds is 4. The normalized spacial score (nSPS) is 17.0. The summed E-state index contributed by atoms with van der Waals surface area (Å²) >= 11 is 0. The van der Waals surface area contributed by atoms with Crippen molar-refractivity contribution in [1.82, 2.24) is 9.13 Å². The van der Waals surface area contributed by atoms with Gasteiger partial charge < -0.3 is 9.13 Å². The molecule has 3 aliphatic carbocycles. The molecule has 2 nitrogen and oxygen atoms in total. The van der Waals surface area contributed by atoms with Crippen molar-refractivity contribution in [2.45, 2.75) is 82.5 Å². The number of nitrogens with zero attached hydrogens (tertiary/aromatic N) is 2.